The second-order valence-electron chi connectivity index (χ2n) is 8.07. The van der Waals surface area contributed by atoms with Crippen LogP contribution in [0.15, 0.2) is 42.6 Å². The summed E-state index contributed by atoms with van der Waals surface area (Å²) in [5.74, 6) is -1.14. The molecule has 1 fully saturated rings. The fraction of sp³-hybridized carbons (Fsp3) is 0.227. The zero-order valence-electron chi connectivity index (χ0n) is 17.8. The average molecular weight is 488 g/mol. The van der Waals surface area contributed by atoms with Gasteiger partial charge in [-0.15, -0.1) is 0 Å². The van der Waals surface area contributed by atoms with E-state index in [0.29, 0.717) is 11.3 Å². The molecule has 4 rings (SSSR count). The molecule has 1 saturated heterocycles. The highest BCUT2D eigenvalue weighted by molar-refractivity contribution is 7.80. The Hall–Kier alpha value is -3.85. The zero-order valence-corrected chi connectivity index (χ0v) is 18.6. The van der Waals surface area contributed by atoms with Gasteiger partial charge < -0.3 is 4.90 Å². The Balaban J connectivity index is 1.68. The second-order valence-corrected chi connectivity index (χ2v) is 8.43. The number of hydrogen-bond acceptors (Lipinski definition) is 5. The summed E-state index contributed by atoms with van der Waals surface area (Å²) in [6.07, 6.45) is -3.36. The maximum atomic E-state index is 14.9. The topological polar surface area (TPSA) is 88.9 Å². The van der Waals surface area contributed by atoms with Crippen LogP contribution in [0.1, 0.15) is 30.5 Å². The van der Waals surface area contributed by atoms with Gasteiger partial charge in [-0.3, -0.25) is 9.69 Å². The molecule has 0 radical (unpaired) electrons. The van der Waals surface area contributed by atoms with Crippen molar-refractivity contribution in [2.75, 3.05) is 4.90 Å². The fourth-order valence-corrected chi connectivity index (χ4v) is 4.16. The number of aromatic nitrogens is 3. The predicted molar refractivity (Wildman–Crippen MR) is 118 cm³/mol. The first-order valence-electron chi connectivity index (χ1n) is 9.87. The maximum Gasteiger partial charge on any atom is 0.417 e. The molecule has 2 aromatic carbocycles. The van der Waals surface area contributed by atoms with Crippen LogP contribution < -0.4 is 4.90 Å². The zero-order chi connectivity index (χ0) is 24.8. The molecule has 7 nitrogen and oxygen atoms in total. The number of nitrogens with zero attached hydrogens (tertiary/aromatic N) is 5. The number of nitriles is 1. The Bertz CT molecular complexity index is 1330. The molecule has 1 N–H and O–H groups in total. The SMILES string of the molecule is CC1(C)C(=O)N(c2ccc(C#N)c(C(F)(F)F)c2)C(=S)N1Cc1ccc(-c2cn[nH]n2)cc1F. The van der Waals surface area contributed by atoms with Crippen molar-refractivity contribution in [1.29, 1.82) is 5.26 Å². The monoisotopic (exact) mass is 488 g/mol. The van der Waals surface area contributed by atoms with Crippen molar-refractivity contribution in [2.45, 2.75) is 32.1 Å². The quantitative estimate of drug-likeness (QED) is 0.432. The molecule has 0 aliphatic carbocycles. The number of halogens is 4. The Kier molecular flexibility index (Phi) is 5.61. The van der Waals surface area contributed by atoms with Gasteiger partial charge in [0, 0.05) is 17.7 Å². The van der Waals surface area contributed by atoms with Gasteiger partial charge in [0.2, 0.25) is 0 Å². The lowest BCUT2D eigenvalue weighted by Crippen LogP contribution is -2.43. The molecule has 1 aliphatic rings. The molecule has 1 aliphatic heterocycles. The summed E-state index contributed by atoms with van der Waals surface area (Å²) in [5, 5.41) is 19.0. The van der Waals surface area contributed by atoms with Crippen LogP contribution in [0.5, 0.6) is 0 Å². The standard InChI is InChI=1S/C22H16F4N6OS/c1-21(2)19(33)32(15-6-5-13(9-27)16(8-15)22(24,25)26)20(34)31(21)11-14-4-3-12(7-17(14)23)18-10-28-30-29-18/h3-8,10H,11H2,1-2H3,(H,28,29,30). The molecule has 2 heterocycles. The van der Waals surface area contributed by atoms with E-state index in [1.165, 1.54) is 35.4 Å². The first-order valence-corrected chi connectivity index (χ1v) is 10.3. The van der Waals surface area contributed by atoms with Crippen LogP contribution in [-0.4, -0.2) is 36.9 Å². The van der Waals surface area contributed by atoms with E-state index in [1.807, 2.05) is 0 Å². The summed E-state index contributed by atoms with van der Waals surface area (Å²) in [6, 6.07) is 8.87. The minimum Gasteiger partial charge on any atom is -0.330 e. The van der Waals surface area contributed by atoms with Crippen LogP contribution in [0.3, 0.4) is 0 Å². The number of anilines is 1. The van der Waals surface area contributed by atoms with Gasteiger partial charge >= 0.3 is 6.18 Å². The molecular formula is C22H16F4N6OS. The minimum absolute atomic E-state index is 0.0761. The largest absolute Gasteiger partial charge is 0.417 e. The number of carbonyl (C=O) groups is 1. The first-order chi connectivity index (χ1) is 15.9. The van der Waals surface area contributed by atoms with Crippen LogP contribution >= 0.6 is 12.2 Å². The third-order valence-electron chi connectivity index (χ3n) is 5.60. The lowest BCUT2D eigenvalue weighted by atomic mass is 10.0. The summed E-state index contributed by atoms with van der Waals surface area (Å²) in [4.78, 5) is 15.6. The molecule has 0 unspecified atom stereocenters. The Labute approximate surface area is 196 Å². The van der Waals surface area contributed by atoms with E-state index in [2.05, 4.69) is 15.4 Å². The van der Waals surface area contributed by atoms with Gasteiger partial charge in [-0.2, -0.15) is 33.8 Å². The number of benzene rings is 2. The third-order valence-corrected chi connectivity index (χ3v) is 6.01. The van der Waals surface area contributed by atoms with Gasteiger partial charge in [-0.1, -0.05) is 12.1 Å². The number of alkyl halides is 3. The van der Waals surface area contributed by atoms with E-state index in [0.717, 1.165) is 17.0 Å². The number of amides is 1. The summed E-state index contributed by atoms with van der Waals surface area (Å²) in [7, 11) is 0. The van der Waals surface area contributed by atoms with Crippen molar-refractivity contribution in [2.24, 2.45) is 0 Å². The van der Waals surface area contributed by atoms with E-state index in [4.69, 9.17) is 17.5 Å². The molecule has 12 heteroatoms. The van der Waals surface area contributed by atoms with Crippen molar-refractivity contribution in [3.05, 3.63) is 65.1 Å². The molecule has 1 amide bonds. The number of nitrogens with one attached hydrogen (secondary N) is 1. The Morgan fingerprint density at radius 2 is 1.94 bits per heavy atom. The molecule has 0 bridgehead atoms. The number of hydrogen-bond donors (Lipinski definition) is 1. The van der Waals surface area contributed by atoms with E-state index in [9.17, 15) is 22.4 Å². The Morgan fingerprint density at radius 3 is 2.53 bits per heavy atom. The molecule has 34 heavy (non-hydrogen) atoms. The number of thiocarbonyl (C=S) groups is 1. The molecular weight excluding hydrogens is 472 g/mol. The molecule has 1 aromatic heterocycles. The summed E-state index contributed by atoms with van der Waals surface area (Å²) in [6.45, 7) is 3.01. The van der Waals surface area contributed by atoms with Gasteiger partial charge in [-0.25, -0.2) is 4.39 Å². The smallest absolute Gasteiger partial charge is 0.330 e. The maximum absolute atomic E-state index is 14.9. The van der Waals surface area contributed by atoms with Crippen molar-refractivity contribution in [3.8, 4) is 17.3 Å². The Morgan fingerprint density at radius 1 is 1.21 bits per heavy atom. The van der Waals surface area contributed by atoms with Crippen LogP contribution in [0, 0.1) is 17.1 Å². The van der Waals surface area contributed by atoms with Gasteiger partial charge in [0.05, 0.1) is 29.1 Å². The highest BCUT2D eigenvalue weighted by Gasteiger charge is 2.50. The molecule has 174 valence electrons. The van der Waals surface area contributed by atoms with E-state index < -0.39 is 34.6 Å². The highest BCUT2D eigenvalue weighted by atomic mass is 32.1. The van der Waals surface area contributed by atoms with E-state index in [-0.39, 0.29) is 22.9 Å². The van der Waals surface area contributed by atoms with E-state index in [1.54, 1.807) is 19.9 Å². The normalized spacial score (nSPS) is 15.7. The number of rotatable bonds is 4. The average Bonchev–Trinajstić information content (AvgIpc) is 3.37. The summed E-state index contributed by atoms with van der Waals surface area (Å²) in [5.41, 5.74) is -1.96. The third kappa shape index (κ3) is 3.88. The van der Waals surface area contributed by atoms with Crippen molar-refractivity contribution in [3.63, 3.8) is 0 Å². The van der Waals surface area contributed by atoms with Crippen LogP contribution in [0.25, 0.3) is 11.3 Å². The lowest BCUT2D eigenvalue weighted by molar-refractivity contribution is -0.137. The van der Waals surface area contributed by atoms with Crippen LogP contribution in [0.4, 0.5) is 23.2 Å². The van der Waals surface area contributed by atoms with Crippen molar-refractivity contribution < 1.29 is 22.4 Å². The molecule has 0 atom stereocenters. The molecule has 3 aromatic rings. The van der Waals surface area contributed by atoms with Crippen LogP contribution in [0.2, 0.25) is 0 Å². The highest BCUT2D eigenvalue weighted by Crippen LogP contribution is 2.38. The number of aromatic amines is 1. The van der Waals surface area contributed by atoms with Crippen molar-refractivity contribution in [1.82, 2.24) is 20.3 Å². The lowest BCUT2D eigenvalue weighted by Gasteiger charge is -2.29. The predicted octanol–water partition coefficient (Wildman–Crippen LogP) is 4.41. The fourth-order valence-electron chi connectivity index (χ4n) is 3.68. The summed E-state index contributed by atoms with van der Waals surface area (Å²) >= 11 is 5.44. The van der Waals surface area contributed by atoms with Gasteiger partial charge in [0.25, 0.3) is 5.91 Å². The second kappa shape index (κ2) is 8.18. The van der Waals surface area contributed by atoms with Crippen molar-refractivity contribution >= 4 is 28.9 Å². The molecule has 0 spiro atoms. The van der Waals surface area contributed by atoms with Gasteiger partial charge in [0.1, 0.15) is 17.1 Å². The first kappa shape index (κ1) is 23.3. The number of H-pyrrole nitrogens is 1. The van der Waals surface area contributed by atoms with Gasteiger partial charge in [0.15, 0.2) is 5.11 Å². The van der Waals surface area contributed by atoms with Crippen LogP contribution in [-0.2, 0) is 17.5 Å². The minimum atomic E-state index is -4.80. The molecule has 0 saturated carbocycles. The van der Waals surface area contributed by atoms with Gasteiger partial charge in [-0.05, 0) is 50.3 Å². The summed E-state index contributed by atoms with van der Waals surface area (Å²) < 4.78 is 55.2. The number of carbonyl (C=O) groups excluding carboxylic acids is 1. The van der Waals surface area contributed by atoms with E-state index >= 15 is 0 Å².